The van der Waals surface area contributed by atoms with Crippen molar-refractivity contribution in [3.05, 3.63) is 119 Å². The SMILES string of the molecule is CCC1CCN(Cc2cnc(C(O)(c3ccccc3)c3ccccc3)o2)CC1Oc1ccc(C)cc1. The standard InChI is InChI=1S/C31H34N2O3/c1-3-24-18-19-33(22-29(24)35-27-16-14-23(2)15-17-27)21-28-20-32-30(36-28)31(34,25-10-6-4-7-11-25)26-12-8-5-9-13-26/h4-17,20,24,29,34H,3,18-19,21-22H2,1-2H3. The van der Waals surface area contributed by atoms with Gasteiger partial charge in [-0.2, -0.15) is 0 Å². The summed E-state index contributed by atoms with van der Waals surface area (Å²) in [4.78, 5) is 6.92. The molecule has 0 spiro atoms. The van der Waals surface area contributed by atoms with Crippen molar-refractivity contribution in [3.8, 4) is 5.75 Å². The first-order chi connectivity index (χ1) is 17.6. The fraction of sp³-hybridized carbons (Fsp3) is 0.323. The summed E-state index contributed by atoms with van der Waals surface area (Å²) in [5.41, 5.74) is 1.21. The summed E-state index contributed by atoms with van der Waals surface area (Å²) < 4.78 is 12.7. The number of likely N-dealkylation sites (tertiary alicyclic amines) is 1. The first-order valence-corrected chi connectivity index (χ1v) is 12.8. The van der Waals surface area contributed by atoms with E-state index in [1.165, 1.54) is 5.56 Å². The first kappa shape index (κ1) is 24.3. The molecule has 1 aliphatic heterocycles. The predicted octanol–water partition coefficient (Wildman–Crippen LogP) is 5.95. The number of oxazole rings is 1. The Bertz CT molecular complexity index is 1200. The molecule has 0 aliphatic carbocycles. The minimum Gasteiger partial charge on any atom is -0.489 e. The van der Waals surface area contributed by atoms with Gasteiger partial charge < -0.3 is 14.3 Å². The molecule has 5 heteroatoms. The van der Waals surface area contributed by atoms with Crippen molar-refractivity contribution in [1.82, 2.24) is 9.88 Å². The molecule has 1 aliphatic rings. The van der Waals surface area contributed by atoms with Gasteiger partial charge in [0.05, 0.1) is 12.7 Å². The smallest absolute Gasteiger partial charge is 0.236 e. The highest BCUT2D eigenvalue weighted by Gasteiger charge is 2.39. The second-order valence-electron chi connectivity index (χ2n) is 9.74. The van der Waals surface area contributed by atoms with Crippen LogP contribution in [0.5, 0.6) is 5.75 Å². The lowest BCUT2D eigenvalue weighted by atomic mass is 9.86. The van der Waals surface area contributed by atoms with E-state index >= 15 is 0 Å². The van der Waals surface area contributed by atoms with Crippen LogP contribution in [-0.4, -0.2) is 34.2 Å². The number of aliphatic hydroxyl groups is 1. The van der Waals surface area contributed by atoms with Gasteiger partial charge in [0.15, 0.2) is 5.60 Å². The van der Waals surface area contributed by atoms with Gasteiger partial charge in [0.25, 0.3) is 0 Å². The largest absolute Gasteiger partial charge is 0.489 e. The second kappa shape index (κ2) is 10.7. The molecule has 1 fully saturated rings. The van der Waals surface area contributed by atoms with Crippen LogP contribution < -0.4 is 4.74 Å². The number of ether oxygens (including phenoxy) is 1. The van der Waals surface area contributed by atoms with Gasteiger partial charge in [-0.3, -0.25) is 4.90 Å². The summed E-state index contributed by atoms with van der Waals surface area (Å²) in [5.74, 6) is 2.46. The molecule has 186 valence electrons. The normalized spacial score (nSPS) is 18.8. The maximum absolute atomic E-state index is 11.9. The molecule has 0 amide bonds. The zero-order valence-corrected chi connectivity index (χ0v) is 21.0. The van der Waals surface area contributed by atoms with Crippen molar-refractivity contribution in [1.29, 1.82) is 0 Å². The number of rotatable bonds is 8. The Labute approximate surface area is 213 Å². The third kappa shape index (κ3) is 5.08. The lowest BCUT2D eigenvalue weighted by Crippen LogP contribution is -2.46. The Balaban J connectivity index is 1.35. The number of nitrogens with zero attached hydrogens (tertiary/aromatic N) is 2. The van der Waals surface area contributed by atoms with Crippen LogP contribution in [0.3, 0.4) is 0 Å². The summed E-state index contributed by atoms with van der Waals surface area (Å²) in [7, 11) is 0. The van der Waals surface area contributed by atoms with E-state index in [0.717, 1.165) is 48.6 Å². The van der Waals surface area contributed by atoms with E-state index in [-0.39, 0.29) is 12.0 Å². The van der Waals surface area contributed by atoms with Crippen LogP contribution in [0.15, 0.2) is 95.5 Å². The van der Waals surface area contributed by atoms with Crippen LogP contribution in [0.2, 0.25) is 0 Å². The zero-order chi connectivity index (χ0) is 25.0. The Morgan fingerprint density at radius 3 is 2.22 bits per heavy atom. The van der Waals surface area contributed by atoms with E-state index in [4.69, 9.17) is 9.15 Å². The van der Waals surface area contributed by atoms with E-state index in [1.54, 1.807) is 6.20 Å². The molecule has 1 aromatic heterocycles. The lowest BCUT2D eigenvalue weighted by Gasteiger charge is -2.37. The topological polar surface area (TPSA) is 58.7 Å². The van der Waals surface area contributed by atoms with Crippen molar-refractivity contribution in [2.45, 2.75) is 44.9 Å². The maximum atomic E-state index is 11.9. The van der Waals surface area contributed by atoms with Gasteiger partial charge in [-0.05, 0) is 55.5 Å². The van der Waals surface area contributed by atoms with Gasteiger partial charge in [0.1, 0.15) is 17.6 Å². The third-order valence-corrected chi connectivity index (χ3v) is 7.24. The van der Waals surface area contributed by atoms with Crippen molar-refractivity contribution >= 4 is 0 Å². The molecule has 0 saturated carbocycles. The van der Waals surface area contributed by atoms with E-state index in [0.29, 0.717) is 12.5 Å². The second-order valence-corrected chi connectivity index (χ2v) is 9.74. The van der Waals surface area contributed by atoms with Gasteiger partial charge in [0, 0.05) is 6.54 Å². The zero-order valence-electron chi connectivity index (χ0n) is 21.0. The van der Waals surface area contributed by atoms with E-state index in [1.807, 2.05) is 60.7 Å². The molecule has 2 heterocycles. The summed E-state index contributed by atoms with van der Waals surface area (Å²) in [6, 6.07) is 27.4. The molecular formula is C31H34N2O3. The highest BCUT2D eigenvalue weighted by Crippen LogP contribution is 2.36. The fourth-order valence-electron chi connectivity index (χ4n) is 5.11. The maximum Gasteiger partial charge on any atom is 0.236 e. The molecule has 1 N–H and O–H groups in total. The minimum atomic E-state index is -1.47. The number of hydrogen-bond donors (Lipinski definition) is 1. The van der Waals surface area contributed by atoms with Crippen LogP contribution in [0.4, 0.5) is 0 Å². The summed E-state index contributed by atoms with van der Waals surface area (Å²) in [6.45, 7) is 6.75. The Hall–Kier alpha value is -3.41. The first-order valence-electron chi connectivity index (χ1n) is 12.8. The number of piperidine rings is 1. The quantitative estimate of drug-likeness (QED) is 0.336. The van der Waals surface area contributed by atoms with Crippen molar-refractivity contribution < 1.29 is 14.3 Å². The molecule has 0 radical (unpaired) electrons. The van der Waals surface area contributed by atoms with Gasteiger partial charge in [-0.1, -0.05) is 85.3 Å². The fourth-order valence-corrected chi connectivity index (χ4v) is 5.11. The highest BCUT2D eigenvalue weighted by atomic mass is 16.5. The Morgan fingerprint density at radius 1 is 0.972 bits per heavy atom. The molecule has 36 heavy (non-hydrogen) atoms. The Morgan fingerprint density at radius 2 is 1.61 bits per heavy atom. The average molecular weight is 483 g/mol. The highest BCUT2D eigenvalue weighted by molar-refractivity contribution is 5.41. The molecular weight excluding hydrogens is 448 g/mol. The monoisotopic (exact) mass is 482 g/mol. The predicted molar refractivity (Wildman–Crippen MR) is 141 cm³/mol. The van der Waals surface area contributed by atoms with Crippen LogP contribution in [0, 0.1) is 12.8 Å². The molecule has 4 aromatic rings. The summed E-state index contributed by atoms with van der Waals surface area (Å²) in [5, 5.41) is 11.9. The molecule has 0 bridgehead atoms. The Kier molecular flexibility index (Phi) is 7.21. The van der Waals surface area contributed by atoms with Gasteiger partial charge in [0.2, 0.25) is 5.89 Å². The molecule has 2 atom stereocenters. The van der Waals surface area contributed by atoms with Gasteiger partial charge in [-0.15, -0.1) is 0 Å². The number of aryl methyl sites for hydroxylation is 1. The third-order valence-electron chi connectivity index (χ3n) is 7.24. The van der Waals surface area contributed by atoms with E-state index in [9.17, 15) is 5.11 Å². The van der Waals surface area contributed by atoms with E-state index in [2.05, 4.69) is 48.0 Å². The number of hydrogen-bond acceptors (Lipinski definition) is 5. The molecule has 2 unspecified atom stereocenters. The van der Waals surface area contributed by atoms with E-state index < -0.39 is 5.60 Å². The van der Waals surface area contributed by atoms with Gasteiger partial charge >= 0.3 is 0 Å². The van der Waals surface area contributed by atoms with Crippen LogP contribution in [0.1, 0.15) is 48.1 Å². The molecule has 5 nitrogen and oxygen atoms in total. The molecule has 3 aromatic carbocycles. The van der Waals surface area contributed by atoms with Crippen LogP contribution in [0.25, 0.3) is 0 Å². The summed E-state index contributed by atoms with van der Waals surface area (Å²) in [6.07, 6.45) is 4.04. The van der Waals surface area contributed by atoms with Crippen molar-refractivity contribution in [3.63, 3.8) is 0 Å². The van der Waals surface area contributed by atoms with Crippen LogP contribution in [-0.2, 0) is 12.1 Å². The van der Waals surface area contributed by atoms with Crippen LogP contribution >= 0.6 is 0 Å². The molecule has 1 saturated heterocycles. The average Bonchev–Trinajstić information content (AvgIpc) is 3.40. The summed E-state index contributed by atoms with van der Waals surface area (Å²) >= 11 is 0. The van der Waals surface area contributed by atoms with Crippen molar-refractivity contribution in [2.75, 3.05) is 13.1 Å². The molecule has 5 rings (SSSR count). The van der Waals surface area contributed by atoms with Crippen molar-refractivity contribution in [2.24, 2.45) is 5.92 Å². The lowest BCUT2D eigenvalue weighted by molar-refractivity contribution is 0.0301. The van der Waals surface area contributed by atoms with Gasteiger partial charge in [-0.25, -0.2) is 4.98 Å². The number of benzene rings is 3. The number of aromatic nitrogens is 1. The minimum absolute atomic E-state index is 0.124.